The van der Waals surface area contributed by atoms with Crippen molar-refractivity contribution < 1.29 is 22.7 Å². The van der Waals surface area contributed by atoms with Gasteiger partial charge in [0.1, 0.15) is 5.60 Å². The van der Waals surface area contributed by atoms with Gasteiger partial charge in [-0.3, -0.25) is 9.52 Å². The lowest BCUT2D eigenvalue weighted by atomic mass is 10.0. The van der Waals surface area contributed by atoms with E-state index in [1.807, 2.05) is 24.3 Å². The number of rotatable bonds is 8. The highest BCUT2D eigenvalue weighted by Crippen LogP contribution is 2.27. The molecule has 0 fully saturated rings. The summed E-state index contributed by atoms with van der Waals surface area (Å²) in [5.41, 5.74) is 1.99. The van der Waals surface area contributed by atoms with E-state index in [0.717, 1.165) is 11.1 Å². The number of ether oxygens (including phenoxy) is 1. The first-order valence-electron chi connectivity index (χ1n) is 12.6. The molecular weight excluding hydrogens is 585 g/mol. The Morgan fingerprint density at radius 1 is 0.805 bits per heavy atom. The Balaban J connectivity index is 1.40. The van der Waals surface area contributed by atoms with Gasteiger partial charge in [0.2, 0.25) is 0 Å². The maximum Gasteiger partial charge on any atom is 0.407 e. The predicted octanol–water partition coefficient (Wildman–Crippen LogP) is 6.90. The standard InChI is InChI=1S/C30H29Cl2N3O5S/c1-30(2,3)40-29(37)34-18-20-9-7-19(8-10-20)17-33-28(36)27-6-4-5-21-13-24(11-12-26(21)27)35-41(38,39)25-15-22(31)14-23(32)16-25/h4-16,35H,17-18H2,1-3H3,(H,33,36)(H,34,37). The van der Waals surface area contributed by atoms with Gasteiger partial charge in [-0.1, -0.05) is 65.7 Å². The molecule has 4 rings (SSSR count). The highest BCUT2D eigenvalue weighted by Gasteiger charge is 2.18. The second-order valence-electron chi connectivity index (χ2n) is 10.3. The molecule has 0 aliphatic heterocycles. The minimum absolute atomic E-state index is 0.0597. The Kier molecular flexibility index (Phi) is 9.11. The fraction of sp³-hybridized carbons (Fsp3) is 0.200. The van der Waals surface area contributed by atoms with Crippen molar-refractivity contribution >= 4 is 61.7 Å². The molecule has 0 spiro atoms. The van der Waals surface area contributed by atoms with Gasteiger partial charge in [0.25, 0.3) is 15.9 Å². The average molecular weight is 615 g/mol. The van der Waals surface area contributed by atoms with E-state index in [9.17, 15) is 18.0 Å². The van der Waals surface area contributed by atoms with E-state index in [2.05, 4.69) is 15.4 Å². The van der Waals surface area contributed by atoms with Crippen molar-refractivity contribution in [3.8, 4) is 0 Å². The van der Waals surface area contributed by atoms with E-state index in [-0.39, 0.29) is 20.8 Å². The molecule has 4 aromatic rings. The van der Waals surface area contributed by atoms with Crippen LogP contribution in [0.1, 0.15) is 42.3 Å². The van der Waals surface area contributed by atoms with Crippen molar-refractivity contribution in [3.63, 3.8) is 0 Å². The van der Waals surface area contributed by atoms with E-state index < -0.39 is 21.7 Å². The fourth-order valence-electron chi connectivity index (χ4n) is 3.98. The number of carbonyl (C=O) groups excluding carboxylic acids is 2. The molecule has 4 aromatic carbocycles. The number of fused-ring (bicyclic) bond motifs is 1. The van der Waals surface area contributed by atoms with Crippen LogP contribution in [-0.4, -0.2) is 26.0 Å². The summed E-state index contributed by atoms with van der Waals surface area (Å²) in [5, 5.41) is 7.40. The molecule has 41 heavy (non-hydrogen) atoms. The highest BCUT2D eigenvalue weighted by molar-refractivity contribution is 7.92. The Labute approximate surface area is 249 Å². The van der Waals surface area contributed by atoms with Gasteiger partial charge >= 0.3 is 6.09 Å². The normalized spacial score (nSPS) is 11.6. The zero-order chi connectivity index (χ0) is 29.8. The minimum atomic E-state index is -3.94. The smallest absolute Gasteiger partial charge is 0.407 e. The number of amides is 2. The van der Waals surface area contributed by atoms with Gasteiger partial charge < -0.3 is 15.4 Å². The van der Waals surface area contributed by atoms with Crippen LogP contribution in [0.5, 0.6) is 0 Å². The van der Waals surface area contributed by atoms with Crippen LogP contribution in [0, 0.1) is 0 Å². The summed E-state index contributed by atoms with van der Waals surface area (Å²) >= 11 is 11.9. The van der Waals surface area contributed by atoms with E-state index in [1.165, 1.54) is 18.2 Å². The topological polar surface area (TPSA) is 114 Å². The van der Waals surface area contributed by atoms with Gasteiger partial charge in [0, 0.05) is 34.4 Å². The quantitative estimate of drug-likeness (QED) is 0.200. The number of alkyl carbamates (subject to hydrolysis) is 1. The molecule has 0 saturated heterocycles. The number of nitrogens with one attached hydrogen (secondary N) is 3. The first-order chi connectivity index (χ1) is 19.3. The van der Waals surface area contributed by atoms with Gasteiger partial charge in [-0.25, -0.2) is 13.2 Å². The van der Waals surface area contributed by atoms with Gasteiger partial charge in [0.15, 0.2) is 0 Å². The third kappa shape index (κ3) is 8.36. The van der Waals surface area contributed by atoms with Crippen molar-refractivity contribution in [1.82, 2.24) is 10.6 Å². The van der Waals surface area contributed by atoms with Crippen LogP contribution >= 0.6 is 23.2 Å². The van der Waals surface area contributed by atoms with Crippen LogP contribution in [0.25, 0.3) is 10.8 Å². The molecule has 0 unspecified atom stereocenters. The summed E-state index contributed by atoms with van der Waals surface area (Å²) in [4.78, 5) is 24.8. The van der Waals surface area contributed by atoms with Gasteiger partial charge in [-0.05, 0) is 79.1 Å². The Morgan fingerprint density at radius 3 is 2.02 bits per heavy atom. The lowest BCUT2D eigenvalue weighted by Gasteiger charge is -2.19. The number of hydrogen-bond donors (Lipinski definition) is 3. The minimum Gasteiger partial charge on any atom is -0.444 e. The molecule has 0 aromatic heterocycles. The molecule has 0 aliphatic rings. The third-order valence-corrected chi connectivity index (χ3v) is 7.63. The van der Waals surface area contributed by atoms with Crippen molar-refractivity contribution in [1.29, 1.82) is 0 Å². The maximum atomic E-state index is 13.0. The Morgan fingerprint density at radius 2 is 1.41 bits per heavy atom. The number of carbonyl (C=O) groups is 2. The van der Waals surface area contributed by atoms with E-state index >= 15 is 0 Å². The van der Waals surface area contributed by atoms with E-state index in [0.29, 0.717) is 35.1 Å². The number of sulfonamides is 1. The molecule has 3 N–H and O–H groups in total. The highest BCUT2D eigenvalue weighted by atomic mass is 35.5. The van der Waals surface area contributed by atoms with Crippen molar-refractivity contribution in [2.75, 3.05) is 4.72 Å². The number of benzene rings is 4. The number of anilines is 1. The average Bonchev–Trinajstić information content (AvgIpc) is 2.89. The van der Waals surface area contributed by atoms with Crippen molar-refractivity contribution in [3.05, 3.63) is 106 Å². The summed E-state index contributed by atoms with van der Waals surface area (Å²) in [7, 11) is -3.94. The number of halogens is 2. The summed E-state index contributed by atoms with van der Waals surface area (Å²) in [6.07, 6.45) is -0.487. The van der Waals surface area contributed by atoms with Crippen LogP contribution in [0.15, 0.2) is 83.8 Å². The summed E-state index contributed by atoms with van der Waals surface area (Å²) < 4.78 is 33.5. The summed E-state index contributed by atoms with van der Waals surface area (Å²) in [6, 6.07) is 21.7. The van der Waals surface area contributed by atoms with Crippen LogP contribution in [-0.2, 0) is 27.8 Å². The summed E-state index contributed by atoms with van der Waals surface area (Å²) in [6.45, 7) is 6.03. The molecule has 0 saturated carbocycles. The van der Waals surface area contributed by atoms with E-state index in [4.69, 9.17) is 27.9 Å². The van der Waals surface area contributed by atoms with Crippen molar-refractivity contribution in [2.45, 2.75) is 44.4 Å². The molecule has 0 aliphatic carbocycles. The first kappa shape index (κ1) is 30.2. The second kappa shape index (κ2) is 12.4. The molecule has 214 valence electrons. The van der Waals surface area contributed by atoms with Gasteiger partial charge in [-0.15, -0.1) is 0 Å². The van der Waals surface area contributed by atoms with Crippen molar-refractivity contribution in [2.24, 2.45) is 0 Å². The van der Waals surface area contributed by atoms with Crippen LogP contribution < -0.4 is 15.4 Å². The maximum absolute atomic E-state index is 13.0. The Hall–Kier alpha value is -3.79. The lowest BCUT2D eigenvalue weighted by molar-refractivity contribution is 0.0523. The second-order valence-corrected chi connectivity index (χ2v) is 12.9. The molecule has 8 nitrogen and oxygen atoms in total. The molecule has 0 radical (unpaired) electrons. The molecule has 0 bridgehead atoms. The Bertz CT molecular complexity index is 1680. The van der Waals surface area contributed by atoms with Crippen LogP contribution in [0.2, 0.25) is 10.0 Å². The zero-order valence-electron chi connectivity index (χ0n) is 22.6. The largest absolute Gasteiger partial charge is 0.444 e. The molecule has 11 heteroatoms. The molecule has 0 heterocycles. The van der Waals surface area contributed by atoms with Crippen LogP contribution in [0.3, 0.4) is 0 Å². The van der Waals surface area contributed by atoms with Crippen LogP contribution in [0.4, 0.5) is 10.5 Å². The number of hydrogen-bond acceptors (Lipinski definition) is 5. The molecular formula is C30H29Cl2N3O5S. The predicted molar refractivity (Wildman–Crippen MR) is 162 cm³/mol. The first-order valence-corrected chi connectivity index (χ1v) is 14.9. The SMILES string of the molecule is CC(C)(C)OC(=O)NCc1ccc(CNC(=O)c2cccc3cc(NS(=O)(=O)c4cc(Cl)cc(Cl)c4)ccc23)cc1. The zero-order valence-corrected chi connectivity index (χ0v) is 25.0. The van der Waals surface area contributed by atoms with Gasteiger partial charge in [0.05, 0.1) is 4.90 Å². The van der Waals surface area contributed by atoms with E-state index in [1.54, 1.807) is 57.2 Å². The molecule has 0 atom stereocenters. The lowest BCUT2D eigenvalue weighted by Crippen LogP contribution is -2.32. The monoisotopic (exact) mass is 613 g/mol. The van der Waals surface area contributed by atoms with Gasteiger partial charge in [-0.2, -0.15) is 0 Å². The third-order valence-electron chi connectivity index (χ3n) is 5.84. The fourth-order valence-corrected chi connectivity index (χ4v) is 5.76. The summed E-state index contributed by atoms with van der Waals surface area (Å²) in [5.74, 6) is -0.270. The molecule has 2 amide bonds.